The molecule has 1 heterocycles. The fourth-order valence-electron chi connectivity index (χ4n) is 2.24. The number of nitrogens with two attached hydrogens (primary N) is 1. The number of aromatic amines is 1. The number of rotatable bonds is 2. The van der Waals surface area contributed by atoms with Gasteiger partial charge in [-0.05, 0) is 24.3 Å². The number of H-pyrrole nitrogens is 1. The van der Waals surface area contributed by atoms with Crippen LogP contribution in [0, 0.1) is 0 Å². The number of nitrogens with one attached hydrogen (secondary N) is 1. The van der Waals surface area contributed by atoms with Crippen LogP contribution < -0.4 is 10.6 Å². The molecule has 3 rings (SSSR count). The number of fused-ring (bicyclic) bond motifs is 1. The van der Waals surface area contributed by atoms with Crippen molar-refractivity contribution in [3.05, 3.63) is 60.3 Å². The van der Waals surface area contributed by atoms with Gasteiger partial charge in [0.2, 0.25) is 0 Å². The third kappa shape index (κ3) is 2.01. The van der Waals surface area contributed by atoms with Gasteiger partial charge in [-0.15, -0.1) is 0 Å². The quantitative estimate of drug-likeness (QED) is 0.700. The summed E-state index contributed by atoms with van der Waals surface area (Å²) in [5.74, 6) is -0.0909. The molecule has 4 heteroatoms. The Morgan fingerprint density at radius 1 is 1.10 bits per heavy atom. The zero-order chi connectivity index (χ0) is 14.1. The lowest BCUT2D eigenvalue weighted by Gasteiger charge is -2.16. The van der Waals surface area contributed by atoms with E-state index in [1.165, 1.54) is 0 Å². The molecule has 0 aliphatic rings. The highest BCUT2D eigenvalue weighted by Crippen LogP contribution is 2.23. The fraction of sp³-hybridized carbons (Fsp3) is 0.0625. The number of amides is 1. The summed E-state index contributed by atoms with van der Waals surface area (Å²) in [4.78, 5) is 17.2. The van der Waals surface area contributed by atoms with Crippen molar-refractivity contribution in [3.63, 3.8) is 0 Å². The first-order valence-corrected chi connectivity index (χ1v) is 6.37. The molecular formula is C16H15N3O. The number of carbonyl (C=O) groups is 1. The summed E-state index contributed by atoms with van der Waals surface area (Å²) in [6.45, 7) is 0. The van der Waals surface area contributed by atoms with Crippen molar-refractivity contribution in [2.45, 2.75) is 0 Å². The molecule has 0 aliphatic heterocycles. The number of nitrogen functional groups attached to an aromatic ring is 1. The Morgan fingerprint density at radius 2 is 1.85 bits per heavy atom. The van der Waals surface area contributed by atoms with Crippen LogP contribution in [0.2, 0.25) is 0 Å². The molecule has 0 unspecified atom stereocenters. The van der Waals surface area contributed by atoms with Crippen molar-refractivity contribution in [2.24, 2.45) is 0 Å². The molecule has 3 N–H and O–H groups in total. The Hall–Kier alpha value is -2.75. The third-order valence-corrected chi connectivity index (χ3v) is 3.37. The molecule has 1 aromatic heterocycles. The van der Waals surface area contributed by atoms with Gasteiger partial charge in [0.25, 0.3) is 5.91 Å². The Morgan fingerprint density at radius 3 is 2.55 bits per heavy atom. The number of hydrogen-bond donors (Lipinski definition) is 2. The molecule has 1 amide bonds. The minimum atomic E-state index is -0.0909. The molecule has 3 aromatic rings. The maximum Gasteiger partial charge on any atom is 0.274 e. The largest absolute Gasteiger partial charge is 0.397 e. The van der Waals surface area contributed by atoms with E-state index in [0.717, 1.165) is 16.6 Å². The lowest BCUT2D eigenvalue weighted by Crippen LogP contribution is -2.26. The number of aromatic nitrogens is 1. The summed E-state index contributed by atoms with van der Waals surface area (Å²) in [5.41, 5.74) is 8.73. The first-order chi connectivity index (χ1) is 9.66. The maximum absolute atomic E-state index is 12.5. The lowest BCUT2D eigenvalue weighted by atomic mass is 10.2. The Labute approximate surface area is 116 Å². The summed E-state index contributed by atoms with van der Waals surface area (Å²) in [6, 6.07) is 17.0. The van der Waals surface area contributed by atoms with Crippen molar-refractivity contribution in [2.75, 3.05) is 17.7 Å². The molecule has 0 aliphatic carbocycles. The summed E-state index contributed by atoms with van der Waals surface area (Å²) in [6.07, 6.45) is 0. The maximum atomic E-state index is 12.5. The smallest absolute Gasteiger partial charge is 0.274 e. The SMILES string of the molecule is CN(C(=O)c1cc2cccc(N)c2[nH]1)c1ccccc1. The van der Waals surface area contributed by atoms with Crippen molar-refractivity contribution in [3.8, 4) is 0 Å². The van der Waals surface area contributed by atoms with Crippen LogP contribution in [-0.4, -0.2) is 17.9 Å². The van der Waals surface area contributed by atoms with E-state index in [9.17, 15) is 4.79 Å². The number of anilines is 2. The molecule has 100 valence electrons. The molecule has 0 spiro atoms. The van der Waals surface area contributed by atoms with Crippen LogP contribution in [0.5, 0.6) is 0 Å². The third-order valence-electron chi connectivity index (χ3n) is 3.37. The number of para-hydroxylation sites is 2. The molecule has 0 bridgehead atoms. The van der Waals surface area contributed by atoms with E-state index in [0.29, 0.717) is 11.4 Å². The van der Waals surface area contributed by atoms with Crippen LogP contribution in [0.15, 0.2) is 54.6 Å². The predicted octanol–water partition coefficient (Wildman–Crippen LogP) is 3.03. The Bertz CT molecular complexity index is 762. The molecule has 0 radical (unpaired) electrons. The van der Waals surface area contributed by atoms with Crippen molar-refractivity contribution >= 4 is 28.2 Å². The highest BCUT2D eigenvalue weighted by atomic mass is 16.2. The topological polar surface area (TPSA) is 62.1 Å². The fourth-order valence-corrected chi connectivity index (χ4v) is 2.24. The zero-order valence-electron chi connectivity index (χ0n) is 11.1. The number of carbonyl (C=O) groups excluding carboxylic acids is 1. The van der Waals surface area contributed by atoms with Gasteiger partial charge in [0.05, 0.1) is 11.2 Å². The summed E-state index contributed by atoms with van der Waals surface area (Å²) < 4.78 is 0. The van der Waals surface area contributed by atoms with Crippen LogP contribution >= 0.6 is 0 Å². The number of benzene rings is 2. The van der Waals surface area contributed by atoms with E-state index < -0.39 is 0 Å². The van der Waals surface area contributed by atoms with E-state index in [4.69, 9.17) is 5.73 Å². The average Bonchev–Trinajstić information content (AvgIpc) is 2.92. The van der Waals surface area contributed by atoms with E-state index in [2.05, 4.69) is 4.98 Å². The second kappa shape index (κ2) is 4.74. The van der Waals surface area contributed by atoms with Gasteiger partial charge in [-0.3, -0.25) is 4.79 Å². The van der Waals surface area contributed by atoms with E-state index in [1.54, 1.807) is 11.9 Å². The van der Waals surface area contributed by atoms with Crippen molar-refractivity contribution < 1.29 is 4.79 Å². The Kier molecular flexibility index (Phi) is 2.91. The molecular weight excluding hydrogens is 250 g/mol. The standard InChI is InChI=1S/C16H15N3O/c1-19(12-7-3-2-4-8-12)16(20)14-10-11-6-5-9-13(17)15(11)18-14/h2-10,18H,17H2,1H3. The van der Waals surface area contributed by atoms with Crippen LogP contribution in [-0.2, 0) is 0 Å². The molecule has 0 saturated heterocycles. The summed E-state index contributed by atoms with van der Waals surface area (Å²) in [5, 5.41) is 0.940. The van der Waals surface area contributed by atoms with Gasteiger partial charge >= 0.3 is 0 Å². The highest BCUT2D eigenvalue weighted by Gasteiger charge is 2.16. The van der Waals surface area contributed by atoms with Crippen molar-refractivity contribution in [1.82, 2.24) is 4.98 Å². The highest BCUT2D eigenvalue weighted by molar-refractivity contribution is 6.08. The van der Waals surface area contributed by atoms with E-state index in [-0.39, 0.29) is 5.91 Å². The van der Waals surface area contributed by atoms with Gasteiger partial charge in [0.15, 0.2) is 0 Å². The molecule has 4 nitrogen and oxygen atoms in total. The predicted molar refractivity (Wildman–Crippen MR) is 81.9 cm³/mol. The second-order valence-electron chi connectivity index (χ2n) is 4.69. The average molecular weight is 265 g/mol. The molecule has 0 atom stereocenters. The van der Waals surface area contributed by atoms with Gasteiger partial charge in [-0.2, -0.15) is 0 Å². The van der Waals surface area contributed by atoms with E-state index >= 15 is 0 Å². The normalized spacial score (nSPS) is 10.7. The summed E-state index contributed by atoms with van der Waals surface area (Å²) in [7, 11) is 1.76. The molecule has 2 aromatic carbocycles. The molecule has 0 saturated carbocycles. The van der Waals surface area contributed by atoms with Gasteiger partial charge in [-0.25, -0.2) is 0 Å². The zero-order valence-corrected chi connectivity index (χ0v) is 11.1. The molecule has 0 fully saturated rings. The minimum absolute atomic E-state index is 0.0909. The minimum Gasteiger partial charge on any atom is -0.397 e. The second-order valence-corrected chi connectivity index (χ2v) is 4.69. The van der Waals surface area contributed by atoms with Gasteiger partial charge in [-0.1, -0.05) is 30.3 Å². The first kappa shape index (κ1) is 12.3. The van der Waals surface area contributed by atoms with Crippen LogP contribution in [0.25, 0.3) is 10.9 Å². The number of nitrogens with zero attached hydrogens (tertiary/aromatic N) is 1. The van der Waals surface area contributed by atoms with Crippen LogP contribution in [0.3, 0.4) is 0 Å². The number of hydrogen-bond acceptors (Lipinski definition) is 2. The van der Waals surface area contributed by atoms with E-state index in [1.807, 2.05) is 54.6 Å². The van der Waals surface area contributed by atoms with Gasteiger partial charge in [0.1, 0.15) is 5.69 Å². The van der Waals surface area contributed by atoms with Gasteiger partial charge in [0, 0.05) is 18.1 Å². The monoisotopic (exact) mass is 265 g/mol. The first-order valence-electron chi connectivity index (χ1n) is 6.37. The Balaban J connectivity index is 1.99. The van der Waals surface area contributed by atoms with Crippen LogP contribution in [0.4, 0.5) is 11.4 Å². The van der Waals surface area contributed by atoms with Gasteiger partial charge < -0.3 is 15.6 Å². The lowest BCUT2D eigenvalue weighted by molar-refractivity contribution is 0.0989. The van der Waals surface area contributed by atoms with Crippen LogP contribution in [0.1, 0.15) is 10.5 Å². The van der Waals surface area contributed by atoms with Crippen molar-refractivity contribution in [1.29, 1.82) is 0 Å². The molecule has 20 heavy (non-hydrogen) atoms. The summed E-state index contributed by atoms with van der Waals surface area (Å²) >= 11 is 0.